The van der Waals surface area contributed by atoms with Gasteiger partial charge in [-0.25, -0.2) is 4.99 Å². The topological polar surface area (TPSA) is 101 Å². The molecule has 0 saturated carbocycles. The summed E-state index contributed by atoms with van der Waals surface area (Å²) in [7, 11) is 0. The van der Waals surface area contributed by atoms with Gasteiger partial charge in [0.1, 0.15) is 18.2 Å². The van der Waals surface area contributed by atoms with Crippen molar-refractivity contribution in [1.82, 2.24) is 9.80 Å². The highest BCUT2D eigenvalue weighted by Gasteiger charge is 2.25. The Bertz CT molecular complexity index is 1180. The van der Waals surface area contributed by atoms with E-state index in [0.717, 1.165) is 22.0 Å². The summed E-state index contributed by atoms with van der Waals surface area (Å²) >= 11 is 0. The second kappa shape index (κ2) is 11.7. The number of phenolic OH excluding ortho intramolecular Hbond substituents is 1. The predicted octanol–water partition coefficient (Wildman–Crippen LogP) is 2.41. The molecule has 0 radical (unpaired) electrons. The summed E-state index contributed by atoms with van der Waals surface area (Å²) in [5.41, 5.74) is 1.76. The van der Waals surface area contributed by atoms with Crippen molar-refractivity contribution in [2.24, 2.45) is 9.98 Å². The fourth-order valence-corrected chi connectivity index (χ4v) is 4.52. The van der Waals surface area contributed by atoms with E-state index in [4.69, 9.17) is 9.73 Å². The molecule has 0 spiro atoms. The van der Waals surface area contributed by atoms with Crippen molar-refractivity contribution in [1.29, 1.82) is 0 Å². The lowest BCUT2D eigenvalue weighted by Crippen LogP contribution is -2.51. The quantitative estimate of drug-likeness (QED) is 0.637. The van der Waals surface area contributed by atoms with Crippen LogP contribution < -0.4 is 4.90 Å². The van der Waals surface area contributed by atoms with Gasteiger partial charge in [-0.3, -0.25) is 4.79 Å². The molecule has 1 amide bonds. The Balaban J connectivity index is 1.61. The van der Waals surface area contributed by atoms with Gasteiger partial charge in [-0.1, -0.05) is 37.4 Å². The van der Waals surface area contributed by atoms with Crippen LogP contribution in [0.1, 0.15) is 6.42 Å². The first kappa shape index (κ1) is 25.2. The first-order chi connectivity index (χ1) is 17.5. The fourth-order valence-electron chi connectivity index (χ4n) is 4.52. The summed E-state index contributed by atoms with van der Waals surface area (Å²) in [6.07, 6.45) is 1.98. The zero-order chi connectivity index (χ0) is 25.5. The van der Waals surface area contributed by atoms with Crippen molar-refractivity contribution >= 4 is 34.2 Å². The molecule has 9 heteroatoms. The van der Waals surface area contributed by atoms with Gasteiger partial charge in [-0.2, -0.15) is 4.99 Å². The number of rotatable bonds is 4. The maximum atomic E-state index is 12.0. The number of benzene rings is 2. The van der Waals surface area contributed by atoms with Crippen LogP contribution in [0.2, 0.25) is 0 Å². The minimum absolute atomic E-state index is 0.0797. The molecule has 0 aromatic heterocycles. The summed E-state index contributed by atoms with van der Waals surface area (Å²) in [6.45, 7) is 11.9. The monoisotopic (exact) mass is 491 g/mol. The number of amides is 1. The minimum Gasteiger partial charge on any atom is -0.508 e. The van der Waals surface area contributed by atoms with Crippen molar-refractivity contribution < 1.29 is 19.7 Å². The van der Waals surface area contributed by atoms with Crippen molar-refractivity contribution in [3.8, 4) is 5.75 Å². The highest BCUT2D eigenvalue weighted by molar-refractivity contribution is 6.04. The Morgan fingerprint density at radius 1 is 1.08 bits per heavy atom. The third-order valence-electron chi connectivity index (χ3n) is 6.37. The van der Waals surface area contributed by atoms with Gasteiger partial charge in [0.25, 0.3) is 0 Å². The highest BCUT2D eigenvalue weighted by Crippen LogP contribution is 2.32. The Hall–Kier alpha value is -3.85. The van der Waals surface area contributed by atoms with Gasteiger partial charge in [0.05, 0.1) is 13.2 Å². The summed E-state index contributed by atoms with van der Waals surface area (Å²) in [5.74, 6) is 0.813. The van der Waals surface area contributed by atoms with Gasteiger partial charge in [-0.05, 0) is 29.5 Å². The number of hydrogen-bond donors (Lipinski definition) is 2. The molecule has 2 aliphatic rings. The lowest BCUT2D eigenvalue weighted by atomic mass is 10.1. The van der Waals surface area contributed by atoms with E-state index in [9.17, 15) is 15.0 Å². The fraction of sp³-hybridized carbons (Fsp3) is 0.370. The van der Waals surface area contributed by atoms with E-state index in [1.807, 2.05) is 24.3 Å². The van der Waals surface area contributed by atoms with E-state index in [2.05, 4.69) is 28.0 Å². The zero-order valence-corrected chi connectivity index (χ0v) is 20.5. The molecule has 9 nitrogen and oxygen atoms in total. The maximum Gasteiger partial charge on any atom is 0.313 e. The van der Waals surface area contributed by atoms with Crippen molar-refractivity contribution in [3.05, 3.63) is 61.2 Å². The van der Waals surface area contributed by atoms with Crippen LogP contribution in [-0.4, -0.2) is 96.8 Å². The third-order valence-corrected chi connectivity index (χ3v) is 6.37. The number of aliphatic hydroxyl groups is 1. The maximum absolute atomic E-state index is 12.0. The Kier molecular flexibility index (Phi) is 8.22. The molecule has 1 fully saturated rings. The van der Waals surface area contributed by atoms with E-state index >= 15 is 0 Å². The highest BCUT2D eigenvalue weighted by atomic mass is 16.5. The van der Waals surface area contributed by atoms with Crippen molar-refractivity contribution in [2.45, 2.75) is 6.42 Å². The molecule has 2 aromatic rings. The molecule has 2 N–H and O–H groups in total. The van der Waals surface area contributed by atoms with Gasteiger partial charge in [0, 0.05) is 56.4 Å². The first-order valence-corrected chi connectivity index (χ1v) is 12.2. The van der Waals surface area contributed by atoms with Crippen LogP contribution >= 0.6 is 0 Å². The van der Waals surface area contributed by atoms with Crippen LogP contribution in [0.4, 0.5) is 5.69 Å². The molecule has 2 heterocycles. The number of carbonyl (C=O) groups excluding carboxylic acids is 1. The number of hydrogen-bond acceptors (Lipinski definition) is 8. The standard InChI is InChI=1S/C27H33N5O4/c1-3-25(35)31-12-14-32(15-13-31)26-20(2)8-10-30(11-9-28-27(29-26)36-17-16-33)24-19-22(34)18-21-6-4-5-7-23(21)24/h3-7,18-19,33-34H,1-2,8-17H2. The van der Waals surface area contributed by atoms with Crippen molar-refractivity contribution in [3.63, 3.8) is 0 Å². The summed E-state index contributed by atoms with van der Waals surface area (Å²) in [5, 5.41) is 21.7. The van der Waals surface area contributed by atoms with Crippen molar-refractivity contribution in [2.75, 3.05) is 63.9 Å². The zero-order valence-electron chi connectivity index (χ0n) is 20.5. The summed E-state index contributed by atoms with van der Waals surface area (Å²) in [4.78, 5) is 27.4. The number of ether oxygens (including phenoxy) is 1. The molecule has 0 bridgehead atoms. The SMILES string of the molecule is C=CC(=O)N1CCN(C2=NC(OCCO)=NCCN(c3cc(O)cc4ccccc34)CCC2=C)CC1. The smallest absolute Gasteiger partial charge is 0.313 e. The predicted molar refractivity (Wildman–Crippen MR) is 143 cm³/mol. The molecular formula is C27H33N5O4. The molecule has 2 aliphatic heterocycles. The van der Waals surface area contributed by atoms with E-state index in [-0.39, 0.29) is 30.9 Å². The Morgan fingerprint density at radius 2 is 1.86 bits per heavy atom. The Labute approximate surface area is 211 Å². The number of phenols is 1. The van der Waals surface area contributed by atoms with Gasteiger partial charge in [0.2, 0.25) is 5.91 Å². The number of aliphatic imine (C=N–C) groups is 2. The minimum atomic E-state index is -0.144. The summed E-state index contributed by atoms with van der Waals surface area (Å²) in [6, 6.07) is 11.7. The lowest BCUT2D eigenvalue weighted by Gasteiger charge is -2.37. The molecule has 36 heavy (non-hydrogen) atoms. The van der Waals surface area contributed by atoms with E-state index < -0.39 is 0 Å². The average molecular weight is 492 g/mol. The number of fused-ring (bicyclic) bond motifs is 1. The van der Waals surface area contributed by atoms with Gasteiger partial charge in [0.15, 0.2) is 0 Å². The van der Waals surface area contributed by atoms with E-state index in [1.165, 1.54) is 6.08 Å². The number of aliphatic hydroxyl groups excluding tert-OH is 1. The lowest BCUT2D eigenvalue weighted by molar-refractivity contribution is -0.127. The van der Waals surface area contributed by atoms with Crippen LogP contribution in [0.3, 0.4) is 0 Å². The number of amidine groups is 2. The largest absolute Gasteiger partial charge is 0.508 e. The number of piperazine rings is 1. The molecule has 190 valence electrons. The summed E-state index contributed by atoms with van der Waals surface area (Å²) < 4.78 is 5.65. The van der Waals surface area contributed by atoms with E-state index in [0.29, 0.717) is 58.1 Å². The van der Waals surface area contributed by atoms with Crippen LogP contribution in [0, 0.1) is 0 Å². The second-order valence-corrected chi connectivity index (χ2v) is 8.71. The van der Waals surface area contributed by atoms with Crippen LogP contribution in [0.25, 0.3) is 10.8 Å². The second-order valence-electron chi connectivity index (χ2n) is 8.71. The first-order valence-electron chi connectivity index (χ1n) is 12.2. The molecule has 2 aromatic carbocycles. The van der Waals surface area contributed by atoms with Gasteiger partial charge < -0.3 is 29.6 Å². The van der Waals surface area contributed by atoms with E-state index in [1.54, 1.807) is 17.0 Å². The van der Waals surface area contributed by atoms with Crippen LogP contribution in [-0.2, 0) is 9.53 Å². The third kappa shape index (κ3) is 5.85. The molecule has 0 atom stereocenters. The molecular weight excluding hydrogens is 458 g/mol. The van der Waals surface area contributed by atoms with Crippen LogP contribution in [0.5, 0.6) is 5.75 Å². The number of aromatic hydroxyl groups is 1. The molecule has 0 aliphatic carbocycles. The average Bonchev–Trinajstić information content (AvgIpc) is 2.90. The Morgan fingerprint density at radius 3 is 2.61 bits per heavy atom. The van der Waals surface area contributed by atoms with Gasteiger partial charge in [-0.15, -0.1) is 0 Å². The number of carbonyl (C=O) groups is 1. The molecule has 4 rings (SSSR count). The normalized spacial score (nSPS) is 17.5. The number of anilines is 1. The van der Waals surface area contributed by atoms with Gasteiger partial charge >= 0.3 is 6.02 Å². The number of nitrogens with zero attached hydrogens (tertiary/aromatic N) is 5. The van der Waals surface area contributed by atoms with Crippen LogP contribution in [0.15, 0.2) is 71.2 Å². The molecule has 0 unspecified atom stereocenters. The molecule has 1 saturated heterocycles.